The highest BCUT2D eigenvalue weighted by Crippen LogP contribution is 2.35. The topological polar surface area (TPSA) is 43.2 Å². The highest BCUT2D eigenvalue weighted by Gasteiger charge is 2.33. The Hall–Kier alpha value is -6.16. The van der Waals surface area contributed by atoms with Crippen molar-refractivity contribution in [3.05, 3.63) is 191 Å². The fraction of sp³-hybridized carbons (Fsp3) is 0.136. The molecule has 272 valence electrons. The Morgan fingerprint density at radius 1 is 0.389 bits per heavy atom. The largest absolute Gasteiger partial charge is 0.472 e. The number of hydrogen-bond acceptors (Lipinski definition) is 4. The fourth-order valence-corrected chi connectivity index (χ4v) is 6.46. The number of hydrogen-bond donors (Lipinski definition) is 0. The van der Waals surface area contributed by atoms with E-state index in [1.165, 1.54) is 48.5 Å². The number of halogens is 6. The van der Waals surface area contributed by atoms with Crippen molar-refractivity contribution in [2.75, 3.05) is 0 Å². The standard InChI is InChI=1S/2C22H16F3NO/c2*1-13-21(26-22(27-13)20-18(24)7-4-8-19(20)25)15-11-9-14(10-12-15)16-5-2-3-6-17(16)23/h2*2-13,21H,1H3/t2*13-,21-/m10/s1. The molecule has 0 unspecified atom stereocenters. The lowest BCUT2D eigenvalue weighted by Gasteiger charge is -2.14. The highest BCUT2D eigenvalue weighted by molar-refractivity contribution is 5.96. The van der Waals surface area contributed by atoms with Crippen LogP contribution in [0, 0.1) is 34.9 Å². The third-order valence-electron chi connectivity index (χ3n) is 9.22. The minimum absolute atomic E-state index is 0.0405. The van der Waals surface area contributed by atoms with E-state index in [0.717, 1.165) is 22.3 Å². The van der Waals surface area contributed by atoms with E-state index in [-0.39, 0.29) is 46.8 Å². The molecule has 0 saturated heterocycles. The van der Waals surface area contributed by atoms with Gasteiger partial charge in [-0.3, -0.25) is 0 Å². The van der Waals surface area contributed by atoms with Crippen LogP contribution >= 0.6 is 0 Å². The number of rotatable bonds is 6. The molecule has 2 aliphatic rings. The summed E-state index contributed by atoms with van der Waals surface area (Å²) in [5, 5.41) is 0. The number of ether oxygens (including phenoxy) is 2. The zero-order valence-corrected chi connectivity index (χ0v) is 29.0. The minimum atomic E-state index is -0.712. The van der Waals surface area contributed by atoms with Crippen molar-refractivity contribution in [1.29, 1.82) is 0 Å². The Morgan fingerprint density at radius 3 is 1.04 bits per heavy atom. The third kappa shape index (κ3) is 7.37. The molecule has 0 aliphatic carbocycles. The summed E-state index contributed by atoms with van der Waals surface area (Å²) in [6.07, 6.45) is -0.753. The van der Waals surface area contributed by atoms with Crippen LogP contribution in [0.3, 0.4) is 0 Å². The van der Waals surface area contributed by atoms with Gasteiger partial charge in [0, 0.05) is 11.1 Å². The van der Waals surface area contributed by atoms with E-state index in [9.17, 15) is 26.3 Å². The zero-order chi connectivity index (χ0) is 37.9. The molecular formula is C44H32F6N2O2. The van der Waals surface area contributed by atoms with Gasteiger partial charge < -0.3 is 9.47 Å². The first kappa shape index (κ1) is 36.2. The summed E-state index contributed by atoms with van der Waals surface area (Å²) < 4.78 is 95.1. The van der Waals surface area contributed by atoms with E-state index in [0.29, 0.717) is 11.1 Å². The maximum absolute atomic E-state index is 14.0. The van der Waals surface area contributed by atoms with Gasteiger partial charge in [0.25, 0.3) is 0 Å². The SMILES string of the molecule is C[C@@H]1OC(c2c(F)cccc2F)=N[C@@H]1c1ccc(-c2ccccc2F)cc1.C[C@H]1OC(c2c(F)cccc2F)=N[C@H]1c1ccc(-c2ccccc2F)cc1. The molecule has 0 bridgehead atoms. The molecule has 54 heavy (non-hydrogen) atoms. The maximum atomic E-state index is 14.0. The highest BCUT2D eigenvalue weighted by atomic mass is 19.2. The second kappa shape index (κ2) is 15.4. The van der Waals surface area contributed by atoms with Crippen molar-refractivity contribution in [1.82, 2.24) is 0 Å². The summed E-state index contributed by atoms with van der Waals surface area (Å²) in [5.41, 5.74) is 3.66. The van der Waals surface area contributed by atoms with E-state index in [1.807, 2.05) is 24.3 Å². The summed E-state index contributed by atoms with van der Waals surface area (Å²) in [6, 6.07) is 34.1. The second-order valence-electron chi connectivity index (χ2n) is 12.8. The Kier molecular flexibility index (Phi) is 10.4. The predicted molar refractivity (Wildman–Crippen MR) is 196 cm³/mol. The molecule has 2 aliphatic heterocycles. The molecule has 0 spiro atoms. The first-order valence-electron chi connectivity index (χ1n) is 17.2. The van der Waals surface area contributed by atoms with Crippen molar-refractivity contribution >= 4 is 11.8 Å². The van der Waals surface area contributed by atoms with Crippen LogP contribution in [0.2, 0.25) is 0 Å². The van der Waals surface area contributed by atoms with Gasteiger partial charge in [0.1, 0.15) is 70.3 Å². The van der Waals surface area contributed by atoms with E-state index in [2.05, 4.69) is 9.98 Å². The van der Waals surface area contributed by atoms with Crippen LogP contribution in [-0.2, 0) is 9.47 Å². The molecule has 8 rings (SSSR count). The smallest absolute Gasteiger partial charge is 0.223 e. The average molecular weight is 735 g/mol. The summed E-state index contributed by atoms with van der Waals surface area (Å²) in [5.74, 6) is -3.51. The Labute approximate surface area is 308 Å². The molecule has 10 heteroatoms. The van der Waals surface area contributed by atoms with Gasteiger partial charge in [0.15, 0.2) is 0 Å². The summed E-state index contributed by atoms with van der Waals surface area (Å²) in [4.78, 5) is 8.78. The van der Waals surface area contributed by atoms with E-state index in [1.54, 1.807) is 74.5 Å². The quantitative estimate of drug-likeness (QED) is 0.160. The van der Waals surface area contributed by atoms with Gasteiger partial charge in [-0.15, -0.1) is 0 Å². The molecule has 4 atom stereocenters. The normalized spacial score (nSPS) is 18.9. The minimum Gasteiger partial charge on any atom is -0.472 e. The van der Waals surface area contributed by atoms with Crippen LogP contribution in [0.5, 0.6) is 0 Å². The first-order chi connectivity index (χ1) is 26.1. The van der Waals surface area contributed by atoms with Crippen molar-refractivity contribution in [2.45, 2.75) is 38.1 Å². The average Bonchev–Trinajstić information content (AvgIpc) is 3.74. The molecule has 6 aromatic carbocycles. The zero-order valence-electron chi connectivity index (χ0n) is 29.0. The van der Waals surface area contributed by atoms with Crippen molar-refractivity contribution in [3.63, 3.8) is 0 Å². The van der Waals surface area contributed by atoms with Gasteiger partial charge >= 0.3 is 0 Å². The Bertz CT molecular complexity index is 2150. The van der Waals surface area contributed by atoms with Crippen LogP contribution in [0.4, 0.5) is 26.3 Å². The van der Waals surface area contributed by atoms with Crippen LogP contribution in [0.1, 0.15) is 48.2 Å². The number of benzene rings is 6. The molecule has 4 nitrogen and oxygen atoms in total. The van der Waals surface area contributed by atoms with Crippen LogP contribution < -0.4 is 0 Å². The van der Waals surface area contributed by atoms with Gasteiger partial charge in [-0.05, 0) is 72.5 Å². The summed E-state index contributed by atoms with van der Waals surface area (Å²) >= 11 is 0. The predicted octanol–water partition coefficient (Wildman–Crippen LogP) is 11.4. The molecule has 6 aromatic rings. The first-order valence-corrected chi connectivity index (χ1v) is 17.2. The fourth-order valence-electron chi connectivity index (χ4n) is 6.46. The summed E-state index contributed by atoms with van der Waals surface area (Å²) in [6.45, 7) is 3.59. The Balaban J connectivity index is 0.000000167. The molecule has 0 amide bonds. The van der Waals surface area contributed by atoms with Gasteiger partial charge in [0.05, 0.1) is 0 Å². The molecule has 2 heterocycles. The monoisotopic (exact) mass is 734 g/mol. The molecule has 0 saturated carbocycles. The van der Waals surface area contributed by atoms with E-state index < -0.39 is 35.4 Å². The second-order valence-corrected chi connectivity index (χ2v) is 12.8. The van der Waals surface area contributed by atoms with Gasteiger partial charge in [-0.1, -0.05) is 97.1 Å². The van der Waals surface area contributed by atoms with Crippen molar-refractivity contribution < 1.29 is 35.8 Å². The van der Waals surface area contributed by atoms with Gasteiger partial charge in [-0.2, -0.15) is 0 Å². The lowest BCUT2D eigenvalue weighted by Crippen LogP contribution is -2.14. The molecule has 0 aromatic heterocycles. The summed E-state index contributed by atoms with van der Waals surface area (Å²) in [7, 11) is 0. The van der Waals surface area contributed by atoms with E-state index in [4.69, 9.17) is 9.47 Å². The molecule has 0 fully saturated rings. The van der Waals surface area contributed by atoms with Crippen LogP contribution in [-0.4, -0.2) is 24.0 Å². The lowest BCUT2D eigenvalue weighted by molar-refractivity contribution is 0.212. The molecular weight excluding hydrogens is 702 g/mol. The lowest BCUT2D eigenvalue weighted by atomic mass is 9.99. The van der Waals surface area contributed by atoms with Crippen molar-refractivity contribution in [2.24, 2.45) is 9.98 Å². The van der Waals surface area contributed by atoms with Crippen LogP contribution in [0.15, 0.2) is 143 Å². The Morgan fingerprint density at radius 2 is 0.704 bits per heavy atom. The van der Waals surface area contributed by atoms with E-state index >= 15 is 0 Å². The van der Waals surface area contributed by atoms with Gasteiger partial charge in [-0.25, -0.2) is 36.3 Å². The van der Waals surface area contributed by atoms with Crippen molar-refractivity contribution in [3.8, 4) is 22.3 Å². The number of aliphatic imine (C=N–C) groups is 2. The molecule has 0 radical (unpaired) electrons. The van der Waals surface area contributed by atoms with Crippen LogP contribution in [0.25, 0.3) is 22.3 Å². The number of nitrogens with zero attached hydrogens (tertiary/aromatic N) is 2. The third-order valence-corrected chi connectivity index (χ3v) is 9.22. The molecule has 0 N–H and O–H groups in total. The van der Waals surface area contributed by atoms with Gasteiger partial charge in [0.2, 0.25) is 11.8 Å². The maximum Gasteiger partial charge on any atom is 0.223 e.